The van der Waals surface area contributed by atoms with Crippen LogP contribution in [0.4, 0.5) is 34.1 Å². The monoisotopic (exact) mass is 952 g/mol. The molecule has 0 radical (unpaired) electrons. The van der Waals surface area contributed by atoms with E-state index in [2.05, 4.69) is 301 Å². The Hall–Kier alpha value is -9.76. The maximum atomic E-state index is 2.54. The maximum Gasteiger partial charge on any atom is 0.0737 e. The summed E-state index contributed by atoms with van der Waals surface area (Å²) >= 11 is 0. The summed E-state index contributed by atoms with van der Waals surface area (Å²) in [5.41, 5.74) is 21.3. The van der Waals surface area contributed by atoms with Crippen LogP contribution in [0.1, 0.15) is 22.3 Å². The van der Waals surface area contributed by atoms with Crippen molar-refractivity contribution in [1.82, 2.24) is 0 Å². The zero-order chi connectivity index (χ0) is 49.5. The molecule has 1 spiro atoms. The zero-order valence-corrected chi connectivity index (χ0v) is 41.1. The molecule has 0 saturated heterocycles. The fourth-order valence-electron chi connectivity index (χ4n) is 12.9. The first kappa shape index (κ1) is 42.9. The van der Waals surface area contributed by atoms with E-state index in [4.69, 9.17) is 0 Å². The summed E-state index contributed by atoms with van der Waals surface area (Å²) in [6.07, 6.45) is 0. The summed E-state index contributed by atoms with van der Waals surface area (Å²) in [4.78, 5) is 4.88. The molecule has 0 heterocycles. The number of rotatable bonds is 8. The van der Waals surface area contributed by atoms with Crippen LogP contribution in [0.2, 0.25) is 0 Å². The van der Waals surface area contributed by atoms with E-state index in [1.165, 1.54) is 99.1 Å². The average molecular weight is 953 g/mol. The van der Waals surface area contributed by atoms with Gasteiger partial charge < -0.3 is 9.80 Å². The molecule has 0 aliphatic heterocycles. The second-order valence-electron chi connectivity index (χ2n) is 19.9. The normalized spacial score (nSPS) is 12.6. The molecule has 0 unspecified atom stereocenters. The molecule has 75 heavy (non-hydrogen) atoms. The Bertz CT molecular complexity index is 4270. The molecule has 2 nitrogen and oxygen atoms in total. The molecular weight excluding hydrogens is 905 g/mol. The highest BCUT2D eigenvalue weighted by Gasteiger charge is 2.54. The molecule has 15 rings (SSSR count). The van der Waals surface area contributed by atoms with Crippen molar-refractivity contribution in [2.45, 2.75) is 5.41 Å². The van der Waals surface area contributed by atoms with Crippen LogP contribution in [-0.4, -0.2) is 0 Å². The minimum absolute atomic E-state index is 0.638. The largest absolute Gasteiger partial charge is 0.310 e. The minimum Gasteiger partial charge on any atom is -0.310 e. The van der Waals surface area contributed by atoms with Crippen molar-refractivity contribution in [2.24, 2.45) is 0 Å². The lowest BCUT2D eigenvalue weighted by Crippen LogP contribution is -2.26. The number of benzene rings is 13. The highest BCUT2D eigenvalue weighted by atomic mass is 15.1. The standard InChI is InChI=1S/C73H48N2/c1-5-21-49(22-6-1)51-37-41-55(42-38-51)74(53-25-9-3-10-26-53)57-45-46-64-65(47-57)58-29-13-15-33-62(58)70-66-48-69(75(54-27-11-4-12-28-54)56-43-39-52(40-44-56)50-23-7-2-8-24-50)61-32-14-16-34-63(61)71(66)73(72(64)70)67-35-19-17-30-59(67)60-31-18-20-36-68(60)73/h1-48H. The van der Waals surface area contributed by atoms with E-state index in [0.29, 0.717) is 0 Å². The summed E-state index contributed by atoms with van der Waals surface area (Å²) in [6.45, 7) is 0. The number of fused-ring (bicyclic) bond motifs is 17. The van der Waals surface area contributed by atoms with Gasteiger partial charge >= 0.3 is 0 Å². The molecule has 0 fully saturated rings. The third-order valence-electron chi connectivity index (χ3n) is 16.0. The molecule has 13 aromatic carbocycles. The number of anilines is 6. The lowest BCUT2D eigenvalue weighted by atomic mass is 9.68. The van der Waals surface area contributed by atoms with Gasteiger partial charge in [-0.2, -0.15) is 0 Å². The Morgan fingerprint density at radius 3 is 1.20 bits per heavy atom. The predicted molar refractivity (Wildman–Crippen MR) is 315 cm³/mol. The van der Waals surface area contributed by atoms with Gasteiger partial charge in [-0.15, -0.1) is 0 Å². The van der Waals surface area contributed by atoms with E-state index in [1.54, 1.807) is 0 Å². The van der Waals surface area contributed by atoms with Crippen molar-refractivity contribution in [3.8, 4) is 44.5 Å². The second kappa shape index (κ2) is 17.2. The van der Waals surface area contributed by atoms with Gasteiger partial charge in [0, 0.05) is 33.8 Å². The van der Waals surface area contributed by atoms with E-state index in [9.17, 15) is 0 Å². The molecule has 13 aromatic rings. The summed E-state index contributed by atoms with van der Waals surface area (Å²) in [5, 5.41) is 7.41. The van der Waals surface area contributed by atoms with Gasteiger partial charge in [-0.05, 0) is 160 Å². The molecule has 0 aromatic heterocycles. The quantitative estimate of drug-likeness (QED) is 0.140. The number of hydrogen-bond donors (Lipinski definition) is 0. The van der Waals surface area contributed by atoms with Gasteiger partial charge in [-0.1, -0.05) is 224 Å². The van der Waals surface area contributed by atoms with E-state index < -0.39 is 5.41 Å². The van der Waals surface area contributed by atoms with Gasteiger partial charge in [-0.3, -0.25) is 0 Å². The SMILES string of the molecule is c1ccc(-c2ccc(N(c3ccccc3)c3ccc4c5c(c6ccccc6c4c3)-c3cc(N(c4ccccc4)c4ccc(-c6ccccc6)cc4)c4ccccc4c3C53c4ccccc4-c4ccccc43)cc2)cc1. The third kappa shape index (κ3) is 6.53. The Morgan fingerprint density at radius 2 is 0.627 bits per heavy atom. The maximum absolute atomic E-state index is 2.54. The lowest BCUT2D eigenvalue weighted by molar-refractivity contribution is 0.809. The fraction of sp³-hybridized carbons (Fsp3) is 0.0137. The van der Waals surface area contributed by atoms with Crippen molar-refractivity contribution in [2.75, 3.05) is 9.80 Å². The van der Waals surface area contributed by atoms with E-state index >= 15 is 0 Å². The van der Waals surface area contributed by atoms with Crippen molar-refractivity contribution in [1.29, 1.82) is 0 Å². The molecule has 0 N–H and O–H groups in total. The molecule has 2 aliphatic rings. The van der Waals surface area contributed by atoms with Crippen molar-refractivity contribution in [3.05, 3.63) is 313 Å². The van der Waals surface area contributed by atoms with Crippen LogP contribution >= 0.6 is 0 Å². The minimum atomic E-state index is -0.638. The Kier molecular flexibility index (Phi) is 9.83. The highest BCUT2D eigenvalue weighted by molar-refractivity contribution is 6.23. The number of hydrogen-bond acceptors (Lipinski definition) is 2. The van der Waals surface area contributed by atoms with Crippen LogP contribution in [0.5, 0.6) is 0 Å². The van der Waals surface area contributed by atoms with Gasteiger partial charge in [0.1, 0.15) is 0 Å². The molecule has 0 bridgehead atoms. The van der Waals surface area contributed by atoms with Crippen LogP contribution in [0.25, 0.3) is 76.8 Å². The van der Waals surface area contributed by atoms with E-state index in [0.717, 1.165) is 34.1 Å². The first-order chi connectivity index (χ1) is 37.2. The Balaban J connectivity index is 1.03. The fourth-order valence-corrected chi connectivity index (χ4v) is 12.9. The van der Waals surface area contributed by atoms with Crippen molar-refractivity contribution >= 4 is 66.4 Å². The summed E-state index contributed by atoms with van der Waals surface area (Å²) < 4.78 is 0. The topological polar surface area (TPSA) is 6.48 Å². The molecule has 0 amide bonds. The molecule has 2 heteroatoms. The Morgan fingerprint density at radius 1 is 0.227 bits per heavy atom. The average Bonchev–Trinajstić information content (AvgIpc) is 4.21. The van der Waals surface area contributed by atoms with Crippen molar-refractivity contribution < 1.29 is 0 Å². The zero-order valence-electron chi connectivity index (χ0n) is 41.1. The molecule has 2 aliphatic carbocycles. The Labute approximate surface area is 437 Å². The molecular formula is C73H48N2. The lowest BCUT2D eigenvalue weighted by Gasteiger charge is -2.34. The number of para-hydroxylation sites is 2. The third-order valence-corrected chi connectivity index (χ3v) is 16.0. The van der Waals surface area contributed by atoms with Crippen LogP contribution in [0.15, 0.2) is 291 Å². The van der Waals surface area contributed by atoms with Crippen LogP contribution in [-0.2, 0) is 5.41 Å². The second-order valence-corrected chi connectivity index (χ2v) is 19.9. The van der Waals surface area contributed by atoms with Gasteiger partial charge in [0.15, 0.2) is 0 Å². The summed E-state index contributed by atoms with van der Waals surface area (Å²) in [6, 6.07) is 108. The molecule has 350 valence electrons. The first-order valence-electron chi connectivity index (χ1n) is 26.0. The van der Waals surface area contributed by atoms with Crippen LogP contribution in [0, 0.1) is 0 Å². The van der Waals surface area contributed by atoms with Crippen molar-refractivity contribution in [3.63, 3.8) is 0 Å². The van der Waals surface area contributed by atoms with E-state index in [-0.39, 0.29) is 0 Å². The van der Waals surface area contributed by atoms with Gasteiger partial charge in [0.2, 0.25) is 0 Å². The molecule has 0 atom stereocenters. The first-order valence-corrected chi connectivity index (χ1v) is 26.0. The molecule has 0 saturated carbocycles. The number of nitrogens with zero attached hydrogens (tertiary/aromatic N) is 2. The van der Waals surface area contributed by atoms with Crippen LogP contribution < -0.4 is 9.80 Å². The predicted octanol–water partition coefficient (Wildman–Crippen LogP) is 19.8. The van der Waals surface area contributed by atoms with Gasteiger partial charge in [-0.25, -0.2) is 0 Å². The smallest absolute Gasteiger partial charge is 0.0737 e. The van der Waals surface area contributed by atoms with Crippen LogP contribution in [0.3, 0.4) is 0 Å². The van der Waals surface area contributed by atoms with Gasteiger partial charge in [0.05, 0.1) is 11.1 Å². The van der Waals surface area contributed by atoms with E-state index in [1.807, 2.05) is 0 Å². The highest BCUT2D eigenvalue weighted by Crippen LogP contribution is 2.67. The summed E-state index contributed by atoms with van der Waals surface area (Å²) in [7, 11) is 0. The van der Waals surface area contributed by atoms with Gasteiger partial charge in [0.25, 0.3) is 0 Å². The summed E-state index contributed by atoms with van der Waals surface area (Å²) in [5.74, 6) is 0.